The minimum atomic E-state index is -2.78. The molecule has 88 valence electrons. The largest absolute Gasteiger partial charge is 0.314 e. The Bertz CT molecular complexity index is 290. The summed E-state index contributed by atoms with van der Waals surface area (Å²) in [7, 11) is -2.78. The van der Waals surface area contributed by atoms with Crippen molar-refractivity contribution < 1.29 is 8.42 Å². The van der Waals surface area contributed by atoms with Gasteiger partial charge in [0.05, 0.1) is 11.0 Å². The molecule has 15 heavy (non-hydrogen) atoms. The minimum absolute atomic E-state index is 0.0153. The maximum Gasteiger partial charge on any atom is 0.153 e. The van der Waals surface area contributed by atoms with Crippen LogP contribution in [0.25, 0.3) is 0 Å². The fourth-order valence-corrected chi connectivity index (χ4v) is 4.21. The van der Waals surface area contributed by atoms with Crippen molar-refractivity contribution in [2.45, 2.75) is 56.2 Å². The summed E-state index contributed by atoms with van der Waals surface area (Å²) in [5.41, 5.74) is 0. The van der Waals surface area contributed by atoms with E-state index < -0.39 is 9.84 Å². The lowest BCUT2D eigenvalue weighted by atomic mass is 10.4. The van der Waals surface area contributed by atoms with Gasteiger partial charge in [0.1, 0.15) is 0 Å². The van der Waals surface area contributed by atoms with Crippen LogP contribution in [0.2, 0.25) is 0 Å². The van der Waals surface area contributed by atoms with E-state index in [9.17, 15) is 8.42 Å². The van der Waals surface area contributed by atoms with Crippen molar-refractivity contribution in [3.05, 3.63) is 0 Å². The zero-order chi connectivity index (χ0) is 10.7. The predicted octanol–water partition coefficient (Wildman–Crippen LogP) is 1.49. The Hall–Kier alpha value is -0.0900. The van der Waals surface area contributed by atoms with Crippen molar-refractivity contribution in [1.82, 2.24) is 5.32 Å². The van der Waals surface area contributed by atoms with Gasteiger partial charge in [0.15, 0.2) is 9.84 Å². The van der Waals surface area contributed by atoms with Gasteiger partial charge in [-0.1, -0.05) is 12.8 Å². The molecule has 1 N–H and O–H groups in total. The van der Waals surface area contributed by atoms with E-state index in [1.807, 2.05) is 0 Å². The summed E-state index contributed by atoms with van der Waals surface area (Å²) in [6.07, 6.45) is 7.34. The lowest BCUT2D eigenvalue weighted by molar-refractivity contribution is 0.573. The van der Waals surface area contributed by atoms with Crippen LogP contribution in [0.15, 0.2) is 0 Å². The molecule has 2 aliphatic carbocycles. The highest BCUT2D eigenvalue weighted by molar-refractivity contribution is 7.92. The maximum atomic E-state index is 11.9. The zero-order valence-corrected chi connectivity index (χ0v) is 10.1. The Labute approximate surface area is 92.6 Å². The SMILES string of the molecule is O=S(=O)(CCCNC1CC1)C1CCCC1. The van der Waals surface area contributed by atoms with E-state index in [2.05, 4.69) is 5.32 Å². The normalized spacial score (nSPS) is 23.5. The molecule has 0 radical (unpaired) electrons. The molecular weight excluding hydrogens is 210 g/mol. The van der Waals surface area contributed by atoms with Crippen LogP contribution >= 0.6 is 0 Å². The molecule has 0 saturated heterocycles. The van der Waals surface area contributed by atoms with Crippen LogP contribution in [-0.4, -0.2) is 32.0 Å². The van der Waals surface area contributed by atoms with Crippen LogP contribution in [0.1, 0.15) is 44.9 Å². The van der Waals surface area contributed by atoms with Gasteiger partial charge >= 0.3 is 0 Å². The predicted molar refractivity (Wildman–Crippen MR) is 61.7 cm³/mol. The van der Waals surface area contributed by atoms with Crippen molar-refractivity contribution in [2.75, 3.05) is 12.3 Å². The third-order valence-electron chi connectivity index (χ3n) is 3.43. The van der Waals surface area contributed by atoms with E-state index in [0.29, 0.717) is 11.8 Å². The molecule has 0 aromatic rings. The van der Waals surface area contributed by atoms with Crippen LogP contribution in [-0.2, 0) is 9.84 Å². The second-order valence-corrected chi connectivity index (χ2v) is 7.26. The molecule has 2 aliphatic rings. The Morgan fingerprint density at radius 3 is 2.33 bits per heavy atom. The van der Waals surface area contributed by atoms with Crippen molar-refractivity contribution in [1.29, 1.82) is 0 Å². The van der Waals surface area contributed by atoms with Crippen LogP contribution in [0.4, 0.5) is 0 Å². The molecule has 2 saturated carbocycles. The second kappa shape index (κ2) is 4.83. The highest BCUT2D eigenvalue weighted by Crippen LogP contribution is 2.25. The van der Waals surface area contributed by atoms with Crippen LogP contribution < -0.4 is 5.32 Å². The van der Waals surface area contributed by atoms with Gasteiger partial charge in [-0.15, -0.1) is 0 Å². The Kier molecular flexibility index (Phi) is 3.67. The molecule has 4 heteroatoms. The average Bonchev–Trinajstić information content (AvgIpc) is 2.83. The van der Waals surface area contributed by atoms with Crippen molar-refractivity contribution in [3.63, 3.8) is 0 Å². The summed E-state index contributed by atoms with van der Waals surface area (Å²) < 4.78 is 23.7. The molecule has 0 aromatic heterocycles. The molecule has 0 heterocycles. The smallest absolute Gasteiger partial charge is 0.153 e. The molecule has 0 aromatic carbocycles. The molecule has 0 unspecified atom stereocenters. The molecule has 0 aliphatic heterocycles. The summed E-state index contributed by atoms with van der Waals surface area (Å²) in [6.45, 7) is 0.872. The zero-order valence-electron chi connectivity index (χ0n) is 9.24. The third kappa shape index (κ3) is 3.45. The number of rotatable bonds is 6. The van der Waals surface area contributed by atoms with Gasteiger partial charge in [-0.2, -0.15) is 0 Å². The molecule has 0 bridgehead atoms. The molecule has 0 amide bonds. The molecule has 0 spiro atoms. The van der Waals surface area contributed by atoms with Gasteiger partial charge in [0.25, 0.3) is 0 Å². The van der Waals surface area contributed by atoms with Crippen LogP contribution in [0.5, 0.6) is 0 Å². The second-order valence-electron chi connectivity index (χ2n) is 4.86. The van der Waals surface area contributed by atoms with E-state index in [1.165, 1.54) is 12.8 Å². The average molecular weight is 231 g/mol. The van der Waals surface area contributed by atoms with E-state index in [1.54, 1.807) is 0 Å². The van der Waals surface area contributed by atoms with Gasteiger partial charge in [-0.05, 0) is 38.6 Å². The standard InChI is InChI=1S/C11H21NO2S/c13-15(14,11-4-1-2-5-11)9-3-8-12-10-6-7-10/h10-12H,1-9H2. The third-order valence-corrected chi connectivity index (χ3v) is 5.77. The fraction of sp³-hybridized carbons (Fsp3) is 1.00. The molecular formula is C11H21NO2S. The monoisotopic (exact) mass is 231 g/mol. The maximum absolute atomic E-state index is 11.9. The first kappa shape index (κ1) is 11.4. The number of nitrogens with one attached hydrogen (secondary N) is 1. The first-order valence-corrected chi connectivity index (χ1v) is 7.85. The Morgan fingerprint density at radius 1 is 1.07 bits per heavy atom. The summed E-state index contributed by atoms with van der Waals surface area (Å²) in [5.74, 6) is 0.386. The van der Waals surface area contributed by atoms with Crippen molar-refractivity contribution in [3.8, 4) is 0 Å². The molecule has 3 nitrogen and oxygen atoms in total. The fourth-order valence-electron chi connectivity index (χ4n) is 2.28. The highest BCUT2D eigenvalue weighted by Gasteiger charge is 2.28. The molecule has 0 atom stereocenters. The lowest BCUT2D eigenvalue weighted by Crippen LogP contribution is -2.25. The first-order chi connectivity index (χ1) is 7.18. The summed E-state index contributed by atoms with van der Waals surface area (Å²) >= 11 is 0. The summed E-state index contributed by atoms with van der Waals surface area (Å²) in [6, 6.07) is 0.694. The van der Waals surface area contributed by atoms with Gasteiger partial charge in [0.2, 0.25) is 0 Å². The van der Waals surface area contributed by atoms with Crippen molar-refractivity contribution >= 4 is 9.84 Å². The molecule has 2 rings (SSSR count). The van der Waals surface area contributed by atoms with Gasteiger partial charge in [-0.25, -0.2) is 8.42 Å². The van der Waals surface area contributed by atoms with E-state index in [4.69, 9.17) is 0 Å². The summed E-state index contributed by atoms with van der Waals surface area (Å²) in [5, 5.41) is 3.34. The van der Waals surface area contributed by atoms with Gasteiger partial charge in [0, 0.05) is 6.04 Å². The van der Waals surface area contributed by atoms with Gasteiger partial charge < -0.3 is 5.32 Å². The number of sulfone groups is 1. The van der Waals surface area contributed by atoms with Gasteiger partial charge in [-0.3, -0.25) is 0 Å². The quantitative estimate of drug-likeness (QED) is 0.704. The Balaban J connectivity index is 1.66. The van der Waals surface area contributed by atoms with E-state index in [0.717, 1.165) is 38.6 Å². The van der Waals surface area contributed by atoms with Crippen molar-refractivity contribution in [2.24, 2.45) is 0 Å². The first-order valence-electron chi connectivity index (χ1n) is 6.13. The Morgan fingerprint density at radius 2 is 1.73 bits per heavy atom. The minimum Gasteiger partial charge on any atom is -0.314 e. The highest BCUT2D eigenvalue weighted by atomic mass is 32.2. The molecule has 2 fully saturated rings. The van der Waals surface area contributed by atoms with Crippen LogP contribution in [0, 0.1) is 0 Å². The van der Waals surface area contributed by atoms with Crippen LogP contribution in [0.3, 0.4) is 0 Å². The number of hydrogen-bond acceptors (Lipinski definition) is 3. The summed E-state index contributed by atoms with van der Waals surface area (Å²) in [4.78, 5) is 0. The van der Waals surface area contributed by atoms with E-state index in [-0.39, 0.29) is 5.25 Å². The number of hydrogen-bond donors (Lipinski definition) is 1. The topological polar surface area (TPSA) is 46.2 Å². The lowest BCUT2D eigenvalue weighted by Gasteiger charge is -2.10. The van der Waals surface area contributed by atoms with E-state index >= 15 is 0 Å².